The van der Waals surface area contributed by atoms with Crippen LogP contribution in [0.5, 0.6) is 5.75 Å². The van der Waals surface area contributed by atoms with Gasteiger partial charge < -0.3 is 15.7 Å². The summed E-state index contributed by atoms with van der Waals surface area (Å²) < 4.78 is 2.21. The first-order valence-corrected chi connectivity index (χ1v) is 10.8. The normalized spacial score (nSPS) is 14.4. The summed E-state index contributed by atoms with van der Waals surface area (Å²) in [5.41, 5.74) is 6.67. The smallest absolute Gasteiger partial charge is 0.332 e. The van der Waals surface area contributed by atoms with Gasteiger partial charge in [0.15, 0.2) is 5.78 Å². The topological polar surface area (TPSA) is 114 Å². The number of Topliss-reactive ketones (excluding diaryl/α,β-unsaturated/α-hetero) is 1. The van der Waals surface area contributed by atoms with E-state index in [4.69, 9.17) is 5.73 Å². The quantitative estimate of drug-likeness (QED) is 0.537. The van der Waals surface area contributed by atoms with Gasteiger partial charge in [-0.1, -0.05) is 30.3 Å². The van der Waals surface area contributed by atoms with E-state index < -0.39 is 17.0 Å². The van der Waals surface area contributed by atoms with Gasteiger partial charge in [0.05, 0.1) is 13.1 Å². The number of aromatic hydroxyl groups is 1. The van der Waals surface area contributed by atoms with Gasteiger partial charge in [0.1, 0.15) is 17.1 Å². The molecule has 0 unspecified atom stereocenters. The number of benzene rings is 2. The highest BCUT2D eigenvalue weighted by Gasteiger charge is 2.25. The van der Waals surface area contributed by atoms with Crippen molar-refractivity contribution in [2.45, 2.75) is 6.54 Å². The molecule has 9 nitrogen and oxygen atoms in total. The van der Waals surface area contributed by atoms with Crippen LogP contribution in [0.15, 0.2) is 64.2 Å². The molecule has 0 amide bonds. The van der Waals surface area contributed by atoms with Gasteiger partial charge >= 0.3 is 5.69 Å². The molecule has 1 aliphatic rings. The fourth-order valence-electron chi connectivity index (χ4n) is 4.07. The second-order valence-electron chi connectivity index (χ2n) is 8.18. The highest BCUT2D eigenvalue weighted by molar-refractivity contribution is 6.01. The molecule has 3 N–H and O–H groups in total. The van der Waals surface area contributed by atoms with E-state index in [1.807, 2.05) is 47.4 Å². The Balaban J connectivity index is 1.51. The van der Waals surface area contributed by atoms with Crippen LogP contribution in [-0.2, 0) is 13.6 Å². The predicted octanol–water partition coefficient (Wildman–Crippen LogP) is 0.888. The lowest BCUT2D eigenvalue weighted by atomic mass is 10.1. The standard InChI is InChI=1S/C24H27N5O4/c1-26-23(32)21(22(25)29(24(26)33)15-17-5-3-2-4-6-17)20(31)16-27-11-13-28(14-12-27)18-7-9-19(30)10-8-18/h2-10,30H,11-16,25H2,1H3. The maximum absolute atomic E-state index is 13.1. The summed E-state index contributed by atoms with van der Waals surface area (Å²) in [5, 5.41) is 9.47. The molecular formula is C24H27N5O4. The molecule has 1 aliphatic heterocycles. The molecule has 1 fully saturated rings. The minimum Gasteiger partial charge on any atom is -0.508 e. The molecule has 2 heterocycles. The number of phenols is 1. The molecule has 0 aliphatic carbocycles. The maximum Gasteiger partial charge on any atom is 0.332 e. The van der Waals surface area contributed by atoms with Crippen LogP contribution in [0.3, 0.4) is 0 Å². The number of nitrogens with two attached hydrogens (primary N) is 1. The van der Waals surface area contributed by atoms with Gasteiger partial charge in [-0.3, -0.25) is 23.6 Å². The van der Waals surface area contributed by atoms with Gasteiger partial charge in [-0.2, -0.15) is 0 Å². The summed E-state index contributed by atoms with van der Waals surface area (Å²) in [7, 11) is 1.36. The number of anilines is 2. The highest BCUT2D eigenvalue weighted by atomic mass is 16.3. The molecular weight excluding hydrogens is 422 g/mol. The Morgan fingerprint density at radius 1 is 0.970 bits per heavy atom. The van der Waals surface area contributed by atoms with Crippen molar-refractivity contribution in [3.63, 3.8) is 0 Å². The van der Waals surface area contributed by atoms with Gasteiger partial charge in [0, 0.05) is 38.9 Å². The van der Waals surface area contributed by atoms with Gasteiger partial charge in [0.2, 0.25) is 0 Å². The first-order valence-electron chi connectivity index (χ1n) is 10.8. The van der Waals surface area contributed by atoms with E-state index in [0.29, 0.717) is 26.2 Å². The van der Waals surface area contributed by atoms with Crippen molar-refractivity contribution in [1.29, 1.82) is 0 Å². The summed E-state index contributed by atoms with van der Waals surface area (Å²) >= 11 is 0. The molecule has 0 bridgehead atoms. The van der Waals surface area contributed by atoms with Crippen LogP contribution in [0, 0.1) is 0 Å². The lowest BCUT2D eigenvalue weighted by molar-refractivity contribution is 0.0924. The third-order valence-corrected chi connectivity index (χ3v) is 6.00. The van der Waals surface area contributed by atoms with E-state index in [1.54, 1.807) is 12.1 Å². The average molecular weight is 450 g/mol. The number of ketones is 1. The Hall–Kier alpha value is -3.85. The van der Waals surface area contributed by atoms with Crippen molar-refractivity contribution in [3.8, 4) is 5.75 Å². The van der Waals surface area contributed by atoms with Gasteiger partial charge in [-0.15, -0.1) is 0 Å². The van der Waals surface area contributed by atoms with Crippen molar-refractivity contribution in [1.82, 2.24) is 14.0 Å². The van der Waals surface area contributed by atoms with Crippen molar-refractivity contribution in [2.24, 2.45) is 7.05 Å². The number of piperazine rings is 1. The predicted molar refractivity (Wildman–Crippen MR) is 127 cm³/mol. The van der Waals surface area contributed by atoms with Crippen LogP contribution in [0.25, 0.3) is 0 Å². The third kappa shape index (κ3) is 4.68. The van der Waals surface area contributed by atoms with Gasteiger partial charge in [-0.05, 0) is 29.8 Å². The summed E-state index contributed by atoms with van der Waals surface area (Å²) in [5.74, 6) is -0.275. The van der Waals surface area contributed by atoms with Crippen LogP contribution < -0.4 is 21.9 Å². The molecule has 0 radical (unpaired) electrons. The lowest BCUT2D eigenvalue weighted by Gasteiger charge is -2.35. The second kappa shape index (κ2) is 9.33. The van der Waals surface area contributed by atoms with Crippen LogP contribution in [0.4, 0.5) is 11.5 Å². The van der Waals surface area contributed by atoms with Crippen LogP contribution in [-0.4, -0.2) is 57.6 Å². The highest BCUT2D eigenvalue weighted by Crippen LogP contribution is 2.20. The number of phenolic OH excluding ortho intramolecular Hbond substituents is 1. The number of hydrogen-bond donors (Lipinski definition) is 2. The first-order chi connectivity index (χ1) is 15.8. The summed E-state index contributed by atoms with van der Waals surface area (Å²) in [6, 6.07) is 16.3. The van der Waals surface area contributed by atoms with E-state index in [-0.39, 0.29) is 30.2 Å². The SMILES string of the molecule is Cn1c(=O)c(C(=O)CN2CCN(c3ccc(O)cc3)CC2)c(N)n(Cc2ccccc2)c1=O. The lowest BCUT2D eigenvalue weighted by Crippen LogP contribution is -2.49. The fourth-order valence-corrected chi connectivity index (χ4v) is 4.07. The van der Waals surface area contributed by atoms with Crippen LogP contribution in [0.1, 0.15) is 15.9 Å². The number of carbonyl (C=O) groups is 1. The molecule has 4 rings (SSSR count). The molecule has 2 aromatic carbocycles. The number of rotatable bonds is 6. The average Bonchev–Trinajstić information content (AvgIpc) is 2.82. The minimum atomic E-state index is -0.672. The fraction of sp³-hybridized carbons (Fsp3) is 0.292. The Bertz CT molecular complexity index is 1260. The van der Waals surface area contributed by atoms with Crippen molar-refractivity contribution in [2.75, 3.05) is 43.4 Å². The molecule has 0 spiro atoms. The van der Waals surface area contributed by atoms with Crippen molar-refractivity contribution >= 4 is 17.3 Å². The van der Waals surface area contributed by atoms with E-state index in [2.05, 4.69) is 4.90 Å². The summed E-state index contributed by atoms with van der Waals surface area (Å²) in [6.07, 6.45) is 0. The second-order valence-corrected chi connectivity index (χ2v) is 8.18. The summed E-state index contributed by atoms with van der Waals surface area (Å²) in [4.78, 5) is 42.7. The molecule has 0 saturated carbocycles. The minimum absolute atomic E-state index is 0.0480. The number of nitrogen functional groups attached to an aromatic ring is 1. The molecule has 9 heteroatoms. The van der Waals surface area contributed by atoms with E-state index in [0.717, 1.165) is 15.8 Å². The molecule has 3 aromatic rings. The number of carbonyl (C=O) groups excluding carboxylic acids is 1. The van der Waals surface area contributed by atoms with E-state index >= 15 is 0 Å². The first kappa shape index (κ1) is 22.3. The Morgan fingerprint density at radius 2 is 1.61 bits per heavy atom. The monoisotopic (exact) mass is 449 g/mol. The van der Waals surface area contributed by atoms with E-state index in [1.165, 1.54) is 11.6 Å². The molecule has 1 aromatic heterocycles. The van der Waals surface area contributed by atoms with E-state index in [9.17, 15) is 19.5 Å². The molecule has 172 valence electrons. The van der Waals surface area contributed by atoms with Gasteiger partial charge in [-0.25, -0.2) is 4.79 Å². The zero-order valence-corrected chi connectivity index (χ0v) is 18.5. The van der Waals surface area contributed by atoms with Gasteiger partial charge in [0.25, 0.3) is 5.56 Å². The third-order valence-electron chi connectivity index (χ3n) is 6.00. The Morgan fingerprint density at radius 3 is 2.24 bits per heavy atom. The molecule has 0 atom stereocenters. The summed E-state index contributed by atoms with van der Waals surface area (Å²) in [6.45, 7) is 2.91. The van der Waals surface area contributed by atoms with Crippen LogP contribution in [0.2, 0.25) is 0 Å². The largest absolute Gasteiger partial charge is 0.508 e. The Kier molecular flexibility index (Phi) is 6.32. The van der Waals surface area contributed by atoms with Crippen molar-refractivity contribution in [3.05, 3.63) is 86.6 Å². The number of hydrogen-bond acceptors (Lipinski definition) is 7. The molecule has 33 heavy (non-hydrogen) atoms. The number of nitrogens with zero attached hydrogens (tertiary/aromatic N) is 4. The number of aromatic nitrogens is 2. The maximum atomic E-state index is 13.1. The molecule has 1 saturated heterocycles. The van der Waals surface area contributed by atoms with Crippen LogP contribution >= 0.6 is 0 Å². The zero-order valence-electron chi connectivity index (χ0n) is 18.5. The Labute approximate surface area is 190 Å². The zero-order chi connectivity index (χ0) is 23.5. The van der Waals surface area contributed by atoms with Crippen molar-refractivity contribution < 1.29 is 9.90 Å².